The molecule has 1 amide bonds. The van der Waals surface area contributed by atoms with Crippen molar-refractivity contribution >= 4 is 11.9 Å². The molecular formula is C58H91NO10. The molecule has 11 heteroatoms. The number of amides is 1. The molecule has 0 aromatic heterocycles. The van der Waals surface area contributed by atoms with Gasteiger partial charge in [0.25, 0.3) is 0 Å². The van der Waals surface area contributed by atoms with Gasteiger partial charge >= 0.3 is 5.97 Å². The lowest BCUT2D eigenvalue weighted by Crippen LogP contribution is -2.61. The third-order valence-electron chi connectivity index (χ3n) is 11.3. The molecule has 0 radical (unpaired) electrons. The summed E-state index contributed by atoms with van der Waals surface area (Å²) >= 11 is 0. The van der Waals surface area contributed by atoms with Crippen LogP contribution in [0.15, 0.2) is 134 Å². The zero-order valence-corrected chi connectivity index (χ0v) is 42.4. The number of allylic oxidation sites excluding steroid dienone is 21. The monoisotopic (exact) mass is 962 g/mol. The molecule has 0 aromatic carbocycles. The Balaban J connectivity index is 2.85. The molecule has 0 bridgehead atoms. The van der Waals surface area contributed by atoms with E-state index in [1.807, 2.05) is 109 Å². The fraction of sp³-hybridized carbons (Fsp3) is 0.586. The molecule has 388 valence electrons. The van der Waals surface area contributed by atoms with E-state index in [2.05, 4.69) is 44.3 Å². The van der Waals surface area contributed by atoms with Crippen molar-refractivity contribution in [1.82, 2.24) is 5.32 Å². The molecule has 11 nitrogen and oxygen atoms in total. The third kappa shape index (κ3) is 33.9. The van der Waals surface area contributed by atoms with Crippen LogP contribution in [0.25, 0.3) is 0 Å². The van der Waals surface area contributed by atoms with Crippen LogP contribution in [0.5, 0.6) is 0 Å². The van der Waals surface area contributed by atoms with Crippen molar-refractivity contribution in [3.63, 3.8) is 0 Å². The maximum atomic E-state index is 13.3. The number of aliphatic hydroxyl groups is 5. The number of unbranched alkanes of at least 4 members (excludes halogenated alkanes) is 14. The smallest absolute Gasteiger partial charge is 0.306 e. The highest BCUT2D eigenvalue weighted by molar-refractivity contribution is 5.80. The van der Waals surface area contributed by atoms with Crippen molar-refractivity contribution in [3.05, 3.63) is 134 Å². The van der Waals surface area contributed by atoms with Crippen molar-refractivity contribution < 1.29 is 49.3 Å². The van der Waals surface area contributed by atoms with E-state index in [-0.39, 0.29) is 19.4 Å². The number of carbonyl (C=O) groups is 2. The number of hydrogen-bond acceptors (Lipinski definition) is 10. The SMILES string of the molecule is CC/C=C/C=C/C=C\C=C/C=C/CCCCCC(=O)OC1C(OCC(NC(=O)C(O)CCCC/C=C/C=C\C=C/C=C/C=C/CC)C(O)/C=C/CCCCCCCCCCC)OC(CO)C(O)C1O. The molecule has 1 fully saturated rings. The Morgan fingerprint density at radius 1 is 0.580 bits per heavy atom. The normalized spacial score (nSPS) is 21.0. The van der Waals surface area contributed by atoms with Gasteiger partial charge in [0.05, 0.1) is 25.4 Å². The van der Waals surface area contributed by atoms with Crippen LogP contribution >= 0.6 is 0 Å². The Morgan fingerprint density at radius 3 is 1.57 bits per heavy atom. The van der Waals surface area contributed by atoms with Crippen molar-refractivity contribution in [2.75, 3.05) is 13.2 Å². The molecule has 8 atom stereocenters. The third-order valence-corrected chi connectivity index (χ3v) is 11.3. The van der Waals surface area contributed by atoms with E-state index in [4.69, 9.17) is 14.2 Å². The van der Waals surface area contributed by atoms with Gasteiger partial charge in [0.1, 0.15) is 24.4 Å². The molecule has 1 saturated heterocycles. The Morgan fingerprint density at radius 2 is 1.04 bits per heavy atom. The minimum atomic E-state index is -1.65. The number of aliphatic hydroxyl groups excluding tert-OH is 5. The van der Waals surface area contributed by atoms with Crippen LogP contribution in [-0.4, -0.2) is 99.6 Å². The summed E-state index contributed by atoms with van der Waals surface area (Å²) in [5.74, 6) is -1.30. The highest BCUT2D eigenvalue weighted by atomic mass is 16.7. The summed E-state index contributed by atoms with van der Waals surface area (Å²) in [7, 11) is 0. The van der Waals surface area contributed by atoms with E-state index in [0.29, 0.717) is 12.8 Å². The number of nitrogens with one attached hydrogen (secondary N) is 1. The Hall–Kier alpha value is -4.20. The van der Waals surface area contributed by atoms with Gasteiger partial charge in [0.2, 0.25) is 5.91 Å². The molecule has 0 aromatic rings. The molecule has 69 heavy (non-hydrogen) atoms. The first-order valence-corrected chi connectivity index (χ1v) is 26.1. The van der Waals surface area contributed by atoms with Gasteiger partial charge < -0.3 is 45.1 Å². The topological polar surface area (TPSA) is 175 Å². The molecule has 1 aliphatic heterocycles. The number of esters is 1. The molecule has 0 spiro atoms. The summed E-state index contributed by atoms with van der Waals surface area (Å²) in [6, 6.07) is -1.06. The standard InChI is InChI=1S/C58H91NO10/c1-4-7-10-13-16-19-22-24-26-28-31-34-37-40-43-46-53(63)69-56-55(65)54(64)52(47-60)68-58(56)67-48-49(50(61)44-41-38-35-32-29-21-18-15-12-9-6-3)59-57(66)51(62)45-42-39-36-33-30-27-25-23-20-17-14-11-8-5-2/h7-8,10-11,13-14,16-17,19-20,22-28,30-31,33,41,44,49-52,54-56,58,60-62,64-65H,4-6,9,12,15,18,21,29,32,34-40,42-43,45-48H2,1-3H3,(H,59,66)/b10-7+,11-8+,16-13+,17-14+,22-19-,23-20-,26-24-,27-25-,31-28+,33-30+,44-41+. The number of rotatable bonds is 40. The number of hydrogen-bond donors (Lipinski definition) is 6. The molecule has 1 heterocycles. The second-order valence-electron chi connectivity index (χ2n) is 17.4. The van der Waals surface area contributed by atoms with Gasteiger partial charge in [-0.05, 0) is 64.2 Å². The maximum Gasteiger partial charge on any atom is 0.306 e. The predicted molar refractivity (Wildman–Crippen MR) is 282 cm³/mol. The largest absolute Gasteiger partial charge is 0.454 e. The Labute approximate surface area is 416 Å². The highest BCUT2D eigenvalue weighted by Gasteiger charge is 2.47. The predicted octanol–water partition coefficient (Wildman–Crippen LogP) is 10.9. The molecule has 6 N–H and O–H groups in total. The lowest BCUT2D eigenvalue weighted by molar-refractivity contribution is -0.305. The second-order valence-corrected chi connectivity index (χ2v) is 17.4. The van der Waals surface area contributed by atoms with E-state index in [9.17, 15) is 35.1 Å². The van der Waals surface area contributed by atoms with Crippen LogP contribution in [0.2, 0.25) is 0 Å². The number of carbonyl (C=O) groups excluding carboxylic acids is 2. The summed E-state index contributed by atoms with van der Waals surface area (Å²) in [6.07, 6.45) is 52.2. The molecule has 0 aliphatic carbocycles. The van der Waals surface area contributed by atoms with Gasteiger partial charge in [-0.2, -0.15) is 0 Å². The van der Waals surface area contributed by atoms with Crippen molar-refractivity contribution in [3.8, 4) is 0 Å². The van der Waals surface area contributed by atoms with E-state index in [0.717, 1.165) is 70.6 Å². The summed E-state index contributed by atoms with van der Waals surface area (Å²) in [6.45, 7) is 5.38. The summed E-state index contributed by atoms with van der Waals surface area (Å²) in [4.78, 5) is 26.3. The second kappa shape index (κ2) is 45.0. The van der Waals surface area contributed by atoms with Gasteiger partial charge in [-0.15, -0.1) is 0 Å². The zero-order chi connectivity index (χ0) is 50.4. The van der Waals surface area contributed by atoms with Crippen molar-refractivity contribution in [1.29, 1.82) is 0 Å². The molecule has 0 saturated carbocycles. The average Bonchev–Trinajstić information content (AvgIpc) is 3.34. The Kier molecular flexibility index (Phi) is 40.9. The first kappa shape index (κ1) is 62.8. The maximum absolute atomic E-state index is 13.3. The van der Waals surface area contributed by atoms with Gasteiger partial charge in [-0.1, -0.05) is 219 Å². The average molecular weight is 962 g/mol. The molecular weight excluding hydrogens is 871 g/mol. The van der Waals surface area contributed by atoms with Gasteiger partial charge in [0, 0.05) is 6.42 Å². The summed E-state index contributed by atoms with van der Waals surface area (Å²) in [5.41, 5.74) is 0. The zero-order valence-electron chi connectivity index (χ0n) is 42.4. The molecule has 8 unspecified atom stereocenters. The van der Waals surface area contributed by atoms with Crippen LogP contribution in [0.4, 0.5) is 0 Å². The Bertz CT molecular complexity index is 1620. The highest BCUT2D eigenvalue weighted by Crippen LogP contribution is 2.26. The van der Waals surface area contributed by atoms with Crippen LogP contribution in [0.1, 0.15) is 156 Å². The van der Waals surface area contributed by atoms with Crippen LogP contribution in [0.3, 0.4) is 0 Å². The van der Waals surface area contributed by atoms with Crippen LogP contribution in [-0.2, 0) is 23.8 Å². The van der Waals surface area contributed by atoms with Gasteiger partial charge in [-0.25, -0.2) is 0 Å². The molecule has 1 aliphatic rings. The van der Waals surface area contributed by atoms with Crippen LogP contribution < -0.4 is 5.32 Å². The fourth-order valence-electron chi connectivity index (χ4n) is 7.16. The van der Waals surface area contributed by atoms with Gasteiger partial charge in [-0.3, -0.25) is 9.59 Å². The summed E-state index contributed by atoms with van der Waals surface area (Å²) in [5, 5.41) is 56.5. The fourth-order valence-corrected chi connectivity index (χ4v) is 7.16. The minimum Gasteiger partial charge on any atom is -0.454 e. The van der Waals surface area contributed by atoms with Crippen molar-refractivity contribution in [2.24, 2.45) is 0 Å². The van der Waals surface area contributed by atoms with E-state index in [1.54, 1.807) is 6.08 Å². The first-order chi connectivity index (χ1) is 33.7. The molecule has 1 rings (SSSR count). The van der Waals surface area contributed by atoms with E-state index < -0.39 is 67.4 Å². The first-order valence-electron chi connectivity index (χ1n) is 26.1. The number of ether oxygens (including phenoxy) is 3. The van der Waals surface area contributed by atoms with E-state index in [1.165, 1.54) is 38.5 Å². The lowest BCUT2D eigenvalue weighted by Gasteiger charge is -2.41. The minimum absolute atomic E-state index is 0.0600. The van der Waals surface area contributed by atoms with Crippen LogP contribution in [0, 0.1) is 0 Å². The quantitative estimate of drug-likeness (QED) is 0.0150. The lowest BCUT2D eigenvalue weighted by atomic mass is 9.99. The van der Waals surface area contributed by atoms with Gasteiger partial charge in [0.15, 0.2) is 12.4 Å². The van der Waals surface area contributed by atoms with E-state index >= 15 is 0 Å². The van der Waals surface area contributed by atoms with Crippen molar-refractivity contribution in [2.45, 2.75) is 205 Å². The summed E-state index contributed by atoms with van der Waals surface area (Å²) < 4.78 is 17.4.